The predicted octanol–water partition coefficient (Wildman–Crippen LogP) is 4.59. The Morgan fingerprint density at radius 1 is 1.22 bits per heavy atom. The van der Waals surface area contributed by atoms with Crippen molar-refractivity contribution in [3.63, 3.8) is 0 Å². The van der Waals surface area contributed by atoms with Crippen LogP contribution in [0.4, 0.5) is 4.39 Å². The minimum Gasteiger partial charge on any atom is -0.361 e. The van der Waals surface area contributed by atoms with E-state index >= 15 is 0 Å². The lowest BCUT2D eigenvalue weighted by Crippen LogP contribution is -2.26. The van der Waals surface area contributed by atoms with Crippen LogP contribution in [0.1, 0.15) is 15.9 Å². The number of aromatic nitrogens is 1. The first-order valence-corrected chi connectivity index (χ1v) is 7.79. The van der Waals surface area contributed by atoms with E-state index in [0.29, 0.717) is 18.0 Å². The van der Waals surface area contributed by atoms with Gasteiger partial charge in [0.1, 0.15) is 5.82 Å². The van der Waals surface area contributed by atoms with E-state index in [1.54, 1.807) is 0 Å². The van der Waals surface area contributed by atoms with Crippen molar-refractivity contribution in [2.45, 2.75) is 6.42 Å². The summed E-state index contributed by atoms with van der Waals surface area (Å²) >= 11 is 11.9. The molecule has 0 unspecified atom stereocenters. The quantitative estimate of drug-likeness (QED) is 0.710. The van der Waals surface area contributed by atoms with Crippen LogP contribution in [0.3, 0.4) is 0 Å². The molecule has 6 heteroatoms. The Morgan fingerprint density at radius 3 is 2.83 bits per heavy atom. The van der Waals surface area contributed by atoms with Crippen LogP contribution in [0.25, 0.3) is 10.9 Å². The second kappa shape index (κ2) is 6.60. The molecule has 2 N–H and O–H groups in total. The van der Waals surface area contributed by atoms with Crippen LogP contribution in [-0.4, -0.2) is 17.4 Å². The molecule has 0 saturated carbocycles. The molecule has 1 amide bonds. The number of aromatic amines is 1. The average Bonchev–Trinajstić information content (AvgIpc) is 2.89. The highest BCUT2D eigenvalue weighted by Crippen LogP contribution is 2.23. The Bertz CT molecular complexity index is 856. The van der Waals surface area contributed by atoms with Gasteiger partial charge >= 0.3 is 0 Å². The van der Waals surface area contributed by atoms with Crippen LogP contribution < -0.4 is 5.32 Å². The maximum absolute atomic E-state index is 13.7. The van der Waals surface area contributed by atoms with Gasteiger partial charge in [0.2, 0.25) is 0 Å². The fourth-order valence-corrected chi connectivity index (χ4v) is 2.89. The summed E-state index contributed by atoms with van der Waals surface area (Å²) in [5, 5.41) is 4.45. The molecule has 2 aromatic carbocycles. The summed E-state index contributed by atoms with van der Waals surface area (Å²) in [6, 6.07) is 9.75. The summed E-state index contributed by atoms with van der Waals surface area (Å²) in [7, 11) is 0. The summed E-state index contributed by atoms with van der Waals surface area (Å²) in [6.45, 7) is 0.364. The van der Waals surface area contributed by atoms with Gasteiger partial charge < -0.3 is 10.3 Å². The zero-order chi connectivity index (χ0) is 16.4. The molecule has 0 aliphatic carbocycles. The zero-order valence-corrected chi connectivity index (χ0v) is 13.5. The highest BCUT2D eigenvalue weighted by molar-refractivity contribution is 6.33. The van der Waals surface area contributed by atoms with E-state index < -0.39 is 11.7 Å². The molecule has 0 spiro atoms. The number of hydrogen-bond acceptors (Lipinski definition) is 1. The molecule has 0 saturated heterocycles. The lowest BCUT2D eigenvalue weighted by Gasteiger charge is -2.07. The average molecular weight is 351 g/mol. The highest BCUT2D eigenvalue weighted by atomic mass is 35.5. The van der Waals surface area contributed by atoms with Gasteiger partial charge in [0.15, 0.2) is 0 Å². The van der Waals surface area contributed by atoms with E-state index in [0.717, 1.165) is 16.5 Å². The molecule has 0 fully saturated rings. The van der Waals surface area contributed by atoms with Crippen molar-refractivity contribution >= 4 is 40.0 Å². The van der Waals surface area contributed by atoms with Crippen LogP contribution >= 0.6 is 23.2 Å². The summed E-state index contributed by atoms with van der Waals surface area (Å²) in [5.74, 6) is -1.15. The van der Waals surface area contributed by atoms with Gasteiger partial charge in [0.25, 0.3) is 5.91 Å². The number of benzene rings is 2. The second-order valence-electron chi connectivity index (χ2n) is 5.11. The molecule has 23 heavy (non-hydrogen) atoms. The Labute approximate surface area is 142 Å². The van der Waals surface area contributed by atoms with Crippen molar-refractivity contribution in [3.8, 4) is 0 Å². The van der Waals surface area contributed by atoms with Crippen LogP contribution in [-0.2, 0) is 6.42 Å². The number of nitrogens with one attached hydrogen (secondary N) is 2. The zero-order valence-electron chi connectivity index (χ0n) is 12.0. The maximum atomic E-state index is 13.7. The third-order valence-electron chi connectivity index (χ3n) is 3.60. The Morgan fingerprint density at radius 2 is 2.04 bits per heavy atom. The third kappa shape index (κ3) is 3.33. The fourth-order valence-electron chi connectivity index (χ4n) is 2.47. The smallest absolute Gasteiger partial charge is 0.255 e. The number of hydrogen-bond donors (Lipinski definition) is 2. The number of carbonyl (C=O) groups excluding carboxylic acids is 1. The van der Waals surface area contributed by atoms with Gasteiger partial charge in [-0.05, 0) is 42.3 Å². The standard InChI is InChI=1S/C17H13Cl2FN2O/c18-11-4-5-15-12(8-11)10(9-22-15)6-7-21-17(23)16-13(19)2-1-3-14(16)20/h1-5,8-9,22H,6-7H2,(H,21,23). The number of halogens is 3. The monoisotopic (exact) mass is 350 g/mol. The minimum atomic E-state index is -0.631. The molecule has 0 aliphatic rings. The van der Waals surface area contributed by atoms with Crippen LogP contribution in [0.2, 0.25) is 10.0 Å². The molecular weight excluding hydrogens is 338 g/mol. The Balaban J connectivity index is 1.69. The number of amides is 1. The SMILES string of the molecule is O=C(NCCc1c[nH]c2ccc(Cl)cc12)c1c(F)cccc1Cl. The second-order valence-corrected chi connectivity index (χ2v) is 5.95. The number of rotatable bonds is 4. The number of H-pyrrole nitrogens is 1. The lowest BCUT2D eigenvalue weighted by molar-refractivity contribution is 0.0950. The van der Waals surface area contributed by atoms with Gasteiger partial charge in [-0.15, -0.1) is 0 Å². The van der Waals surface area contributed by atoms with Crippen molar-refractivity contribution in [1.82, 2.24) is 10.3 Å². The van der Waals surface area contributed by atoms with E-state index in [1.807, 2.05) is 24.4 Å². The topological polar surface area (TPSA) is 44.9 Å². The summed E-state index contributed by atoms with van der Waals surface area (Å²) in [4.78, 5) is 15.2. The molecule has 0 atom stereocenters. The van der Waals surface area contributed by atoms with E-state index in [4.69, 9.17) is 23.2 Å². The normalized spacial score (nSPS) is 10.9. The maximum Gasteiger partial charge on any atom is 0.255 e. The van der Waals surface area contributed by atoms with E-state index in [-0.39, 0.29) is 10.6 Å². The van der Waals surface area contributed by atoms with E-state index in [2.05, 4.69) is 10.3 Å². The largest absolute Gasteiger partial charge is 0.361 e. The molecule has 0 aliphatic heterocycles. The van der Waals surface area contributed by atoms with Crippen LogP contribution in [0.5, 0.6) is 0 Å². The Kier molecular flexibility index (Phi) is 4.55. The lowest BCUT2D eigenvalue weighted by atomic mass is 10.1. The first-order valence-electron chi connectivity index (χ1n) is 7.04. The third-order valence-corrected chi connectivity index (χ3v) is 4.15. The Hall–Kier alpha value is -2.04. The number of carbonyl (C=O) groups is 1. The molecule has 1 aromatic heterocycles. The highest BCUT2D eigenvalue weighted by Gasteiger charge is 2.15. The summed E-state index contributed by atoms with van der Waals surface area (Å²) in [6.07, 6.45) is 2.47. The molecule has 3 nitrogen and oxygen atoms in total. The van der Waals surface area contributed by atoms with Gasteiger partial charge in [-0.3, -0.25) is 4.79 Å². The molecule has 3 aromatic rings. The first kappa shape index (κ1) is 15.8. The molecule has 0 radical (unpaired) electrons. The first-order chi connectivity index (χ1) is 11.1. The van der Waals surface area contributed by atoms with Crippen molar-refractivity contribution in [2.75, 3.05) is 6.54 Å². The minimum absolute atomic E-state index is 0.0985. The molecule has 118 valence electrons. The molecular formula is C17H13Cl2FN2O. The molecule has 3 rings (SSSR count). The van der Waals surface area contributed by atoms with Gasteiger partial charge in [0, 0.05) is 28.7 Å². The van der Waals surface area contributed by atoms with E-state index in [9.17, 15) is 9.18 Å². The molecule has 0 bridgehead atoms. The van der Waals surface area contributed by atoms with Crippen molar-refractivity contribution in [2.24, 2.45) is 0 Å². The van der Waals surface area contributed by atoms with E-state index in [1.165, 1.54) is 18.2 Å². The van der Waals surface area contributed by atoms with Crippen LogP contribution in [0, 0.1) is 5.82 Å². The van der Waals surface area contributed by atoms with Gasteiger partial charge in [0.05, 0.1) is 10.6 Å². The van der Waals surface area contributed by atoms with Crippen molar-refractivity contribution < 1.29 is 9.18 Å². The summed E-state index contributed by atoms with van der Waals surface area (Å²) < 4.78 is 13.7. The summed E-state index contributed by atoms with van der Waals surface area (Å²) in [5.41, 5.74) is 1.88. The van der Waals surface area contributed by atoms with Crippen molar-refractivity contribution in [1.29, 1.82) is 0 Å². The van der Waals surface area contributed by atoms with Crippen LogP contribution in [0.15, 0.2) is 42.6 Å². The van der Waals surface area contributed by atoms with Gasteiger partial charge in [-0.25, -0.2) is 4.39 Å². The molecule has 1 heterocycles. The van der Waals surface area contributed by atoms with Gasteiger partial charge in [-0.2, -0.15) is 0 Å². The van der Waals surface area contributed by atoms with Gasteiger partial charge in [-0.1, -0.05) is 29.3 Å². The van der Waals surface area contributed by atoms with Crippen molar-refractivity contribution in [3.05, 3.63) is 69.6 Å². The predicted molar refractivity (Wildman–Crippen MR) is 90.8 cm³/mol. The fraction of sp³-hybridized carbons (Fsp3) is 0.118. The number of fused-ring (bicyclic) bond motifs is 1.